The molecule has 7 heteroatoms. The first kappa shape index (κ1) is 16.7. The number of halogens is 3. The molecule has 0 aliphatic carbocycles. The van der Waals surface area contributed by atoms with E-state index >= 15 is 0 Å². The molecule has 0 fully saturated rings. The van der Waals surface area contributed by atoms with Gasteiger partial charge in [-0.1, -0.05) is 6.07 Å². The van der Waals surface area contributed by atoms with Crippen LogP contribution in [0.15, 0.2) is 48.5 Å². The molecule has 2 aromatic rings. The van der Waals surface area contributed by atoms with Gasteiger partial charge in [0.25, 0.3) is 0 Å². The molecule has 0 aliphatic rings. The summed E-state index contributed by atoms with van der Waals surface area (Å²) in [7, 11) is 0. The first-order valence-corrected chi connectivity index (χ1v) is 6.77. The molecule has 0 atom stereocenters. The highest BCUT2D eigenvalue weighted by atomic mass is 19.4. The largest absolute Gasteiger partial charge is 0.465 e. The number of hydrogen-bond acceptors (Lipinski definition) is 2. The van der Waals surface area contributed by atoms with Gasteiger partial charge in [-0.2, -0.15) is 13.2 Å². The van der Waals surface area contributed by atoms with Gasteiger partial charge in [0, 0.05) is 12.2 Å². The van der Waals surface area contributed by atoms with Crippen molar-refractivity contribution < 1.29 is 27.8 Å². The van der Waals surface area contributed by atoms with Crippen LogP contribution in [0.2, 0.25) is 0 Å². The summed E-state index contributed by atoms with van der Waals surface area (Å²) < 4.78 is 43.3. The summed E-state index contributed by atoms with van der Waals surface area (Å²) >= 11 is 0. The zero-order chi connectivity index (χ0) is 17.0. The second kappa shape index (κ2) is 6.60. The Labute approximate surface area is 130 Å². The van der Waals surface area contributed by atoms with Crippen molar-refractivity contribution in [3.05, 3.63) is 54.1 Å². The van der Waals surface area contributed by atoms with Gasteiger partial charge in [0.15, 0.2) is 0 Å². The van der Waals surface area contributed by atoms with Crippen LogP contribution in [0.3, 0.4) is 0 Å². The van der Waals surface area contributed by atoms with E-state index in [-0.39, 0.29) is 12.3 Å². The molecular formula is C16H14F3NO3. The standard InChI is InChI=1S/C16H14F3NO3/c1-2-20(15(21)22)12-6-8-13(9-7-12)23-14-5-3-4-11(10-14)16(17,18)19/h3-10H,2H2,1H3,(H,21,22). The average molecular weight is 325 g/mol. The van der Waals surface area contributed by atoms with Crippen molar-refractivity contribution in [2.45, 2.75) is 13.1 Å². The van der Waals surface area contributed by atoms with E-state index in [4.69, 9.17) is 9.84 Å². The zero-order valence-corrected chi connectivity index (χ0v) is 12.2. The number of nitrogens with zero attached hydrogens (tertiary/aromatic N) is 1. The Morgan fingerprint density at radius 3 is 2.30 bits per heavy atom. The van der Waals surface area contributed by atoms with E-state index in [9.17, 15) is 18.0 Å². The Morgan fingerprint density at radius 2 is 1.78 bits per heavy atom. The van der Waals surface area contributed by atoms with Crippen LogP contribution in [0.5, 0.6) is 11.5 Å². The molecule has 0 heterocycles. The maximum Gasteiger partial charge on any atom is 0.416 e. The Kier molecular flexibility index (Phi) is 4.78. The third-order valence-electron chi connectivity index (χ3n) is 3.09. The SMILES string of the molecule is CCN(C(=O)O)c1ccc(Oc2cccc(C(F)(F)F)c2)cc1. The fraction of sp³-hybridized carbons (Fsp3) is 0.188. The molecule has 0 unspecified atom stereocenters. The number of rotatable bonds is 4. The minimum atomic E-state index is -4.44. The molecule has 0 aromatic heterocycles. The third kappa shape index (κ3) is 4.15. The maximum atomic E-state index is 12.6. The van der Waals surface area contributed by atoms with E-state index in [2.05, 4.69) is 0 Å². The van der Waals surface area contributed by atoms with Crippen molar-refractivity contribution in [2.24, 2.45) is 0 Å². The first-order chi connectivity index (χ1) is 10.8. The van der Waals surface area contributed by atoms with Gasteiger partial charge in [-0.3, -0.25) is 4.90 Å². The highest BCUT2D eigenvalue weighted by molar-refractivity contribution is 5.85. The van der Waals surface area contributed by atoms with Crippen LogP contribution in [-0.4, -0.2) is 17.7 Å². The van der Waals surface area contributed by atoms with Gasteiger partial charge in [-0.05, 0) is 49.4 Å². The van der Waals surface area contributed by atoms with Gasteiger partial charge in [-0.25, -0.2) is 4.79 Å². The minimum Gasteiger partial charge on any atom is -0.465 e. The number of benzene rings is 2. The molecule has 2 aromatic carbocycles. The van der Waals surface area contributed by atoms with Crippen LogP contribution in [0, 0.1) is 0 Å². The summed E-state index contributed by atoms with van der Waals surface area (Å²) in [5.74, 6) is 0.368. The monoisotopic (exact) mass is 325 g/mol. The highest BCUT2D eigenvalue weighted by Crippen LogP contribution is 2.33. The van der Waals surface area contributed by atoms with E-state index < -0.39 is 17.8 Å². The molecule has 0 radical (unpaired) electrons. The predicted molar refractivity (Wildman–Crippen MR) is 79.0 cm³/mol. The van der Waals surface area contributed by atoms with Gasteiger partial charge in [0.1, 0.15) is 11.5 Å². The number of ether oxygens (including phenoxy) is 1. The molecule has 0 saturated carbocycles. The van der Waals surface area contributed by atoms with Crippen molar-refractivity contribution >= 4 is 11.8 Å². The molecule has 4 nitrogen and oxygen atoms in total. The normalized spacial score (nSPS) is 11.1. The number of alkyl halides is 3. The predicted octanol–water partition coefficient (Wildman–Crippen LogP) is 5.00. The van der Waals surface area contributed by atoms with E-state index in [1.807, 2.05) is 0 Å². The summed E-state index contributed by atoms with van der Waals surface area (Å²) in [4.78, 5) is 12.2. The molecule has 0 bridgehead atoms. The smallest absolute Gasteiger partial charge is 0.416 e. The maximum absolute atomic E-state index is 12.6. The van der Waals surface area contributed by atoms with Crippen molar-refractivity contribution in [3.8, 4) is 11.5 Å². The fourth-order valence-corrected chi connectivity index (χ4v) is 1.99. The van der Waals surface area contributed by atoms with Crippen LogP contribution >= 0.6 is 0 Å². The summed E-state index contributed by atoms with van der Waals surface area (Å²) in [6, 6.07) is 10.6. The van der Waals surface area contributed by atoms with Gasteiger partial charge in [-0.15, -0.1) is 0 Å². The van der Waals surface area contributed by atoms with Crippen LogP contribution in [0.25, 0.3) is 0 Å². The van der Waals surface area contributed by atoms with Gasteiger partial charge in [0.05, 0.1) is 5.56 Å². The van der Waals surface area contributed by atoms with Crippen molar-refractivity contribution in [1.29, 1.82) is 0 Å². The average Bonchev–Trinajstić information content (AvgIpc) is 2.49. The lowest BCUT2D eigenvalue weighted by Crippen LogP contribution is -2.28. The molecule has 23 heavy (non-hydrogen) atoms. The Hall–Kier alpha value is -2.70. The molecular weight excluding hydrogens is 311 g/mol. The zero-order valence-electron chi connectivity index (χ0n) is 12.2. The Morgan fingerprint density at radius 1 is 1.13 bits per heavy atom. The van der Waals surface area contributed by atoms with Crippen LogP contribution in [-0.2, 0) is 6.18 Å². The van der Waals surface area contributed by atoms with Gasteiger partial charge >= 0.3 is 12.3 Å². The fourth-order valence-electron chi connectivity index (χ4n) is 1.99. The first-order valence-electron chi connectivity index (χ1n) is 6.77. The summed E-state index contributed by atoms with van der Waals surface area (Å²) in [6.07, 6.45) is -5.52. The van der Waals surface area contributed by atoms with Gasteiger partial charge in [0.2, 0.25) is 0 Å². The van der Waals surface area contributed by atoms with Crippen LogP contribution in [0.1, 0.15) is 12.5 Å². The number of hydrogen-bond donors (Lipinski definition) is 1. The number of amides is 1. The highest BCUT2D eigenvalue weighted by Gasteiger charge is 2.30. The lowest BCUT2D eigenvalue weighted by Gasteiger charge is -2.17. The number of carbonyl (C=O) groups is 1. The van der Waals surface area contributed by atoms with E-state index in [0.29, 0.717) is 11.4 Å². The second-order valence-electron chi connectivity index (χ2n) is 4.65. The van der Waals surface area contributed by atoms with Crippen LogP contribution < -0.4 is 9.64 Å². The van der Waals surface area contributed by atoms with Crippen molar-refractivity contribution in [3.63, 3.8) is 0 Å². The Bertz CT molecular complexity index is 684. The molecule has 0 spiro atoms. The quantitative estimate of drug-likeness (QED) is 0.860. The molecule has 0 saturated heterocycles. The van der Waals surface area contributed by atoms with E-state index in [0.717, 1.165) is 17.0 Å². The van der Waals surface area contributed by atoms with E-state index in [1.165, 1.54) is 36.4 Å². The summed E-state index contributed by atoms with van der Waals surface area (Å²) in [5.41, 5.74) is -0.342. The van der Waals surface area contributed by atoms with Crippen molar-refractivity contribution in [2.75, 3.05) is 11.4 Å². The molecule has 122 valence electrons. The van der Waals surface area contributed by atoms with Crippen molar-refractivity contribution in [1.82, 2.24) is 0 Å². The second-order valence-corrected chi connectivity index (χ2v) is 4.65. The Balaban J connectivity index is 2.17. The molecule has 1 amide bonds. The molecule has 1 N–H and O–H groups in total. The third-order valence-corrected chi connectivity index (χ3v) is 3.09. The molecule has 0 aliphatic heterocycles. The molecule has 2 rings (SSSR count). The number of carboxylic acid groups (broad SMARTS) is 1. The van der Waals surface area contributed by atoms with E-state index in [1.54, 1.807) is 6.92 Å². The minimum absolute atomic E-state index is 0.0538. The van der Waals surface area contributed by atoms with Crippen LogP contribution in [0.4, 0.5) is 23.7 Å². The summed E-state index contributed by atoms with van der Waals surface area (Å²) in [6.45, 7) is 1.98. The summed E-state index contributed by atoms with van der Waals surface area (Å²) in [5, 5.41) is 9.03. The lowest BCUT2D eigenvalue weighted by molar-refractivity contribution is -0.137. The topological polar surface area (TPSA) is 49.8 Å². The van der Waals surface area contributed by atoms with Gasteiger partial charge < -0.3 is 9.84 Å². The lowest BCUT2D eigenvalue weighted by atomic mass is 10.2. The number of anilines is 1.